The summed E-state index contributed by atoms with van der Waals surface area (Å²) in [5.41, 5.74) is -1.35. The number of hydrogen-bond acceptors (Lipinski definition) is 4. The zero-order valence-corrected chi connectivity index (χ0v) is 11.0. The van der Waals surface area contributed by atoms with Crippen molar-refractivity contribution < 1.29 is 5.11 Å². The summed E-state index contributed by atoms with van der Waals surface area (Å²) < 4.78 is 1.14. The van der Waals surface area contributed by atoms with E-state index in [2.05, 4.69) is 9.98 Å². The molecule has 0 amide bonds. The van der Waals surface area contributed by atoms with Gasteiger partial charge in [0.1, 0.15) is 5.56 Å². The van der Waals surface area contributed by atoms with Crippen LogP contribution in [0.1, 0.15) is 26.3 Å². The standard InChI is InChI=1S/C13H15N3O3/c1-13(2,3)16-11(18)9(10(17)15-12(16)19)7-8-5-4-6-14-8/h4-7,18H,1-3H3,(H,15,17,19)/b8-7-. The van der Waals surface area contributed by atoms with Crippen LogP contribution in [0, 0.1) is 0 Å². The fourth-order valence-electron chi connectivity index (χ4n) is 1.84. The van der Waals surface area contributed by atoms with Crippen LogP contribution in [0.2, 0.25) is 0 Å². The first-order chi connectivity index (χ1) is 8.80. The summed E-state index contributed by atoms with van der Waals surface area (Å²) in [6.45, 7) is 5.28. The van der Waals surface area contributed by atoms with Crippen LogP contribution in [-0.2, 0) is 5.54 Å². The minimum atomic E-state index is -0.645. The molecule has 1 aliphatic rings. The lowest BCUT2D eigenvalue weighted by molar-refractivity contribution is 0.305. The van der Waals surface area contributed by atoms with Crippen molar-refractivity contribution in [2.45, 2.75) is 26.3 Å². The van der Waals surface area contributed by atoms with Crippen LogP contribution in [0.25, 0.3) is 6.08 Å². The number of hydrogen-bond donors (Lipinski definition) is 2. The Morgan fingerprint density at radius 3 is 2.58 bits per heavy atom. The van der Waals surface area contributed by atoms with Gasteiger partial charge in [-0.25, -0.2) is 4.79 Å². The average Bonchev–Trinajstić information content (AvgIpc) is 2.74. The molecule has 6 heteroatoms. The third-order valence-electron chi connectivity index (χ3n) is 2.66. The summed E-state index contributed by atoms with van der Waals surface area (Å²) in [6.07, 6.45) is 6.44. The molecule has 0 aliphatic carbocycles. The Hall–Kier alpha value is -2.37. The normalized spacial score (nSPS) is 16.5. The molecule has 0 fully saturated rings. The minimum absolute atomic E-state index is 0.0215. The van der Waals surface area contributed by atoms with Crippen LogP contribution in [0.5, 0.6) is 5.88 Å². The first kappa shape index (κ1) is 13.1. The van der Waals surface area contributed by atoms with E-state index in [0.717, 1.165) is 4.57 Å². The van der Waals surface area contributed by atoms with Crippen LogP contribution in [-0.4, -0.2) is 20.9 Å². The molecule has 0 spiro atoms. The van der Waals surface area contributed by atoms with E-state index in [0.29, 0.717) is 5.70 Å². The highest BCUT2D eigenvalue weighted by molar-refractivity contribution is 5.79. The zero-order chi connectivity index (χ0) is 14.2. The molecule has 100 valence electrons. The van der Waals surface area contributed by atoms with Gasteiger partial charge in [0.05, 0.1) is 5.70 Å². The van der Waals surface area contributed by atoms with Crippen LogP contribution < -0.4 is 11.2 Å². The highest BCUT2D eigenvalue weighted by Crippen LogP contribution is 2.22. The maximum Gasteiger partial charge on any atom is 0.331 e. The topological polar surface area (TPSA) is 87.4 Å². The van der Waals surface area contributed by atoms with Crippen molar-refractivity contribution >= 4 is 12.3 Å². The third kappa shape index (κ3) is 2.42. The number of aliphatic imine (C=N–C) groups is 1. The molecule has 0 saturated carbocycles. The van der Waals surface area contributed by atoms with Crippen molar-refractivity contribution in [2.75, 3.05) is 0 Å². The summed E-state index contributed by atoms with van der Waals surface area (Å²) in [4.78, 5) is 29.8. The summed E-state index contributed by atoms with van der Waals surface area (Å²) >= 11 is 0. The van der Waals surface area contributed by atoms with Gasteiger partial charge in [0.15, 0.2) is 0 Å². The van der Waals surface area contributed by atoms with Gasteiger partial charge in [-0.1, -0.05) is 0 Å². The highest BCUT2D eigenvalue weighted by atomic mass is 16.3. The number of H-pyrrole nitrogens is 1. The molecule has 19 heavy (non-hydrogen) atoms. The summed E-state index contributed by atoms with van der Waals surface area (Å²) in [5.74, 6) is -0.357. The third-order valence-corrected chi connectivity index (χ3v) is 2.66. The second kappa shape index (κ2) is 4.38. The number of nitrogens with zero attached hydrogens (tertiary/aromatic N) is 2. The van der Waals surface area contributed by atoms with Gasteiger partial charge in [-0.2, -0.15) is 0 Å². The Labute approximate surface area is 109 Å². The molecule has 1 aromatic rings. The number of nitrogens with one attached hydrogen (secondary N) is 1. The molecule has 2 N–H and O–H groups in total. The predicted octanol–water partition coefficient (Wildman–Crippen LogP) is 0.979. The Morgan fingerprint density at radius 1 is 1.37 bits per heavy atom. The van der Waals surface area contributed by atoms with Crippen molar-refractivity contribution in [3.05, 3.63) is 44.3 Å². The molecule has 0 saturated heterocycles. The minimum Gasteiger partial charge on any atom is -0.494 e. The lowest BCUT2D eigenvalue weighted by atomic mass is 10.1. The lowest BCUT2D eigenvalue weighted by Gasteiger charge is -2.23. The molecule has 2 heterocycles. The number of aromatic nitrogens is 2. The number of allylic oxidation sites excluding steroid dienone is 2. The van der Waals surface area contributed by atoms with Crippen LogP contribution in [0.15, 0.2) is 32.4 Å². The molecule has 1 aliphatic heterocycles. The van der Waals surface area contributed by atoms with Crippen molar-refractivity contribution in [1.29, 1.82) is 0 Å². The van der Waals surface area contributed by atoms with Gasteiger partial charge in [-0.15, -0.1) is 0 Å². The predicted molar refractivity (Wildman–Crippen MR) is 73.6 cm³/mol. The van der Waals surface area contributed by atoms with Gasteiger partial charge in [0.25, 0.3) is 5.56 Å². The average molecular weight is 261 g/mol. The molecule has 0 radical (unpaired) electrons. The molecular weight excluding hydrogens is 246 g/mol. The van der Waals surface area contributed by atoms with Crippen LogP contribution >= 0.6 is 0 Å². The Bertz CT molecular complexity index is 698. The quantitative estimate of drug-likeness (QED) is 0.789. The molecule has 0 unspecified atom stereocenters. The first-order valence-corrected chi connectivity index (χ1v) is 5.82. The Morgan fingerprint density at radius 2 is 2.05 bits per heavy atom. The van der Waals surface area contributed by atoms with E-state index in [9.17, 15) is 14.7 Å². The van der Waals surface area contributed by atoms with E-state index >= 15 is 0 Å². The highest BCUT2D eigenvalue weighted by Gasteiger charge is 2.22. The summed E-state index contributed by atoms with van der Waals surface area (Å²) in [5, 5.41) is 10.2. The van der Waals surface area contributed by atoms with Gasteiger partial charge in [0.2, 0.25) is 5.88 Å². The largest absolute Gasteiger partial charge is 0.494 e. The zero-order valence-electron chi connectivity index (χ0n) is 11.0. The van der Waals surface area contributed by atoms with Crippen LogP contribution in [0.3, 0.4) is 0 Å². The first-order valence-electron chi connectivity index (χ1n) is 5.82. The monoisotopic (exact) mass is 261 g/mol. The summed E-state index contributed by atoms with van der Waals surface area (Å²) in [6, 6.07) is 0. The van der Waals surface area contributed by atoms with Gasteiger partial charge in [-0.3, -0.25) is 19.3 Å². The van der Waals surface area contributed by atoms with Gasteiger partial charge >= 0.3 is 5.69 Å². The van der Waals surface area contributed by atoms with Gasteiger partial charge in [0, 0.05) is 11.8 Å². The van der Waals surface area contributed by atoms with Crippen molar-refractivity contribution in [2.24, 2.45) is 4.99 Å². The molecular formula is C13H15N3O3. The van der Waals surface area contributed by atoms with E-state index in [4.69, 9.17) is 0 Å². The molecule has 0 atom stereocenters. The van der Waals surface area contributed by atoms with E-state index in [1.165, 1.54) is 6.08 Å². The maximum atomic E-state index is 11.8. The number of aromatic hydroxyl groups is 1. The number of rotatable bonds is 1. The van der Waals surface area contributed by atoms with E-state index in [1.807, 2.05) is 0 Å². The van der Waals surface area contributed by atoms with Gasteiger partial charge < -0.3 is 5.11 Å². The SMILES string of the molecule is CC(C)(C)n1c(O)c(/C=C2/C=CC=N2)c(=O)[nH]c1=O. The van der Waals surface area contributed by atoms with Crippen LogP contribution in [0.4, 0.5) is 0 Å². The van der Waals surface area contributed by atoms with Gasteiger partial charge in [-0.05, 0) is 39.0 Å². The molecule has 0 bridgehead atoms. The van der Waals surface area contributed by atoms with Crippen molar-refractivity contribution in [3.8, 4) is 5.88 Å². The second-order valence-corrected chi connectivity index (χ2v) is 5.21. The fourth-order valence-corrected chi connectivity index (χ4v) is 1.84. The van der Waals surface area contributed by atoms with Crippen molar-refractivity contribution in [1.82, 2.24) is 9.55 Å². The number of aromatic amines is 1. The van der Waals surface area contributed by atoms with E-state index in [1.54, 1.807) is 39.1 Å². The summed E-state index contributed by atoms with van der Waals surface area (Å²) in [7, 11) is 0. The lowest BCUT2D eigenvalue weighted by Crippen LogP contribution is -2.39. The molecule has 0 aromatic carbocycles. The van der Waals surface area contributed by atoms with Crippen molar-refractivity contribution in [3.63, 3.8) is 0 Å². The fraction of sp³-hybridized carbons (Fsp3) is 0.308. The molecule has 1 aromatic heterocycles. The Balaban J connectivity index is 2.73. The molecule has 2 rings (SSSR count). The van der Waals surface area contributed by atoms with E-state index in [-0.39, 0.29) is 11.4 Å². The maximum absolute atomic E-state index is 11.8. The Kier molecular flexibility index (Phi) is 3.01. The van der Waals surface area contributed by atoms with E-state index < -0.39 is 16.8 Å². The second-order valence-electron chi connectivity index (χ2n) is 5.21. The smallest absolute Gasteiger partial charge is 0.331 e. The molecule has 6 nitrogen and oxygen atoms in total.